The van der Waals surface area contributed by atoms with Crippen LogP contribution in [-0.4, -0.2) is 30.3 Å². The zero-order chi connectivity index (χ0) is 16.3. The third-order valence-corrected chi connectivity index (χ3v) is 5.05. The summed E-state index contributed by atoms with van der Waals surface area (Å²) in [7, 11) is -4.66. The van der Waals surface area contributed by atoms with Gasteiger partial charge in [0.05, 0.1) is 4.90 Å². The molecule has 2 aromatic rings. The van der Waals surface area contributed by atoms with Gasteiger partial charge in [-0.1, -0.05) is 18.3 Å². The number of hydrogen-bond acceptors (Lipinski definition) is 6. The molecule has 1 aromatic heterocycles. The van der Waals surface area contributed by atoms with E-state index in [0.717, 1.165) is 29.3 Å². The quantitative estimate of drug-likeness (QED) is 0.897. The first-order valence-electron chi connectivity index (χ1n) is 6.10. The molecule has 1 aromatic carbocycles. The van der Waals surface area contributed by atoms with Crippen LogP contribution in [0.25, 0.3) is 0 Å². The first-order valence-corrected chi connectivity index (χ1v) is 8.46. The fraction of sp³-hybridized carbons (Fsp3) is 0.250. The molecule has 2 rings (SSSR count). The predicted octanol–water partition coefficient (Wildman–Crippen LogP) is 2.35. The largest absolute Gasteiger partial charge is 0.341 e. The molecule has 0 atom stereocenters. The lowest BCUT2D eigenvalue weighted by molar-refractivity contribution is 0.102. The third-order valence-electron chi connectivity index (χ3n) is 2.67. The van der Waals surface area contributed by atoms with E-state index in [1.54, 1.807) is 0 Å². The van der Waals surface area contributed by atoms with E-state index in [1.807, 2.05) is 6.92 Å². The average Bonchev–Trinajstić information content (AvgIpc) is 2.94. The monoisotopic (exact) mass is 347 g/mol. The fourth-order valence-corrected chi connectivity index (χ4v) is 2.91. The number of alkyl halides is 2. The third kappa shape index (κ3) is 3.45. The van der Waals surface area contributed by atoms with Crippen molar-refractivity contribution in [3.8, 4) is 0 Å². The Bertz CT molecular complexity index is 773. The van der Waals surface area contributed by atoms with Gasteiger partial charge in [-0.25, -0.2) is 8.42 Å². The number of aryl methyl sites for hydroxylation is 1. The molecule has 0 saturated heterocycles. The Morgan fingerprint density at radius 2 is 1.91 bits per heavy atom. The molecule has 22 heavy (non-hydrogen) atoms. The van der Waals surface area contributed by atoms with Crippen molar-refractivity contribution in [3.05, 3.63) is 34.8 Å². The average molecular weight is 347 g/mol. The molecule has 10 heteroatoms. The van der Waals surface area contributed by atoms with Gasteiger partial charge in [0.2, 0.25) is 15.0 Å². The van der Waals surface area contributed by atoms with Crippen LogP contribution < -0.4 is 5.32 Å². The number of nitrogens with zero attached hydrogens (tertiary/aromatic N) is 2. The summed E-state index contributed by atoms with van der Waals surface area (Å²) in [5, 5.41) is 11.2. The van der Waals surface area contributed by atoms with Gasteiger partial charge in [0.1, 0.15) is 5.01 Å². The number of rotatable bonds is 5. The van der Waals surface area contributed by atoms with E-state index in [1.165, 1.54) is 11.3 Å². The number of amides is 1. The number of carbonyl (C=O) groups is 1. The maximum atomic E-state index is 12.4. The Hall–Kier alpha value is -1.94. The van der Waals surface area contributed by atoms with E-state index in [2.05, 4.69) is 15.5 Å². The second-order valence-electron chi connectivity index (χ2n) is 4.14. The molecule has 0 radical (unpaired) electrons. The first-order chi connectivity index (χ1) is 10.3. The smallest absolute Gasteiger partial charge is 0.296 e. The van der Waals surface area contributed by atoms with E-state index < -0.39 is 26.4 Å². The molecule has 6 nitrogen and oxygen atoms in total. The number of nitrogens with one attached hydrogen (secondary N) is 1. The summed E-state index contributed by atoms with van der Waals surface area (Å²) < 4.78 is 47.3. The number of anilines is 1. The molecule has 118 valence electrons. The molecule has 0 spiro atoms. The molecule has 0 aliphatic carbocycles. The van der Waals surface area contributed by atoms with Crippen LogP contribution in [0.2, 0.25) is 0 Å². The lowest BCUT2D eigenvalue weighted by atomic mass is 10.2. The van der Waals surface area contributed by atoms with Crippen molar-refractivity contribution in [1.29, 1.82) is 0 Å². The van der Waals surface area contributed by atoms with Crippen molar-refractivity contribution in [2.45, 2.75) is 24.0 Å². The van der Waals surface area contributed by atoms with Crippen molar-refractivity contribution in [2.75, 3.05) is 5.32 Å². The number of halogens is 2. The zero-order valence-electron chi connectivity index (χ0n) is 11.3. The summed E-state index contributed by atoms with van der Waals surface area (Å²) in [6.45, 7) is 1.90. The Morgan fingerprint density at radius 3 is 2.41 bits per heavy atom. The second kappa shape index (κ2) is 6.44. The van der Waals surface area contributed by atoms with Crippen LogP contribution in [0.15, 0.2) is 29.2 Å². The Balaban J connectivity index is 2.15. The maximum Gasteiger partial charge on any atom is 0.341 e. The van der Waals surface area contributed by atoms with Gasteiger partial charge in [-0.2, -0.15) is 8.78 Å². The van der Waals surface area contributed by atoms with Crippen LogP contribution in [0, 0.1) is 0 Å². The summed E-state index contributed by atoms with van der Waals surface area (Å²) in [6.07, 6.45) is 0.688. The van der Waals surface area contributed by atoms with Gasteiger partial charge < -0.3 is 0 Å². The first kappa shape index (κ1) is 16.4. The van der Waals surface area contributed by atoms with Crippen molar-refractivity contribution < 1.29 is 22.0 Å². The minimum atomic E-state index is -4.66. The normalized spacial score (nSPS) is 11.6. The van der Waals surface area contributed by atoms with Crippen LogP contribution in [0.1, 0.15) is 22.3 Å². The predicted molar refractivity (Wildman–Crippen MR) is 76.9 cm³/mol. The number of hydrogen-bond donors (Lipinski definition) is 1. The van der Waals surface area contributed by atoms with Crippen LogP contribution in [-0.2, 0) is 16.3 Å². The van der Waals surface area contributed by atoms with Crippen LogP contribution in [0.4, 0.5) is 13.9 Å². The van der Waals surface area contributed by atoms with E-state index in [4.69, 9.17) is 0 Å². The molecule has 0 fully saturated rings. The fourth-order valence-electron chi connectivity index (χ4n) is 1.52. The summed E-state index contributed by atoms with van der Waals surface area (Å²) in [5.41, 5.74) is 0.126. The Kier molecular flexibility index (Phi) is 4.81. The van der Waals surface area contributed by atoms with E-state index in [-0.39, 0.29) is 5.56 Å². The molecule has 0 saturated carbocycles. The standard InChI is InChI=1S/C12H11F2N3O3S2/c1-2-9-16-17-12(21-9)15-10(18)7-3-5-8(6-4-7)22(19,20)11(13)14/h3-6,11H,2H2,1H3,(H,15,17,18). The van der Waals surface area contributed by atoms with Gasteiger partial charge >= 0.3 is 5.76 Å². The zero-order valence-corrected chi connectivity index (χ0v) is 12.9. The van der Waals surface area contributed by atoms with Crippen molar-refractivity contribution in [3.63, 3.8) is 0 Å². The summed E-state index contributed by atoms with van der Waals surface area (Å²) in [4.78, 5) is 11.4. The minimum absolute atomic E-state index is 0.126. The highest BCUT2D eigenvalue weighted by atomic mass is 32.2. The van der Waals surface area contributed by atoms with Crippen LogP contribution in [0.5, 0.6) is 0 Å². The molecule has 1 N–H and O–H groups in total. The van der Waals surface area contributed by atoms with E-state index in [9.17, 15) is 22.0 Å². The molecule has 0 aliphatic heterocycles. The second-order valence-corrected chi connectivity index (χ2v) is 7.12. The van der Waals surface area contributed by atoms with E-state index >= 15 is 0 Å². The van der Waals surface area contributed by atoms with Gasteiger partial charge in [-0.3, -0.25) is 10.1 Å². The molecule has 0 aliphatic rings. The summed E-state index contributed by atoms with van der Waals surface area (Å²) in [6, 6.07) is 4.25. The number of benzene rings is 1. The number of aromatic nitrogens is 2. The Labute approximate surface area is 129 Å². The SMILES string of the molecule is CCc1nnc(NC(=O)c2ccc(S(=O)(=O)C(F)F)cc2)s1. The summed E-state index contributed by atoms with van der Waals surface area (Å²) >= 11 is 1.22. The van der Waals surface area contributed by atoms with Gasteiger partial charge in [0, 0.05) is 5.56 Å². The van der Waals surface area contributed by atoms with Gasteiger partial charge in [0.25, 0.3) is 5.91 Å². The highest BCUT2D eigenvalue weighted by molar-refractivity contribution is 7.91. The maximum absolute atomic E-state index is 12.4. The lowest BCUT2D eigenvalue weighted by Crippen LogP contribution is -2.14. The molecule has 1 heterocycles. The van der Waals surface area contributed by atoms with Crippen LogP contribution >= 0.6 is 11.3 Å². The molecule has 0 unspecified atom stereocenters. The highest BCUT2D eigenvalue weighted by Gasteiger charge is 2.26. The van der Waals surface area contributed by atoms with Crippen molar-refractivity contribution >= 4 is 32.2 Å². The van der Waals surface area contributed by atoms with E-state index in [0.29, 0.717) is 11.6 Å². The van der Waals surface area contributed by atoms with Gasteiger partial charge in [0.15, 0.2) is 0 Å². The van der Waals surface area contributed by atoms with Crippen LogP contribution in [0.3, 0.4) is 0 Å². The Morgan fingerprint density at radius 1 is 1.27 bits per heavy atom. The minimum Gasteiger partial charge on any atom is -0.296 e. The van der Waals surface area contributed by atoms with Crippen molar-refractivity contribution in [1.82, 2.24) is 10.2 Å². The molecule has 1 amide bonds. The number of carbonyl (C=O) groups excluding carboxylic acids is 1. The molecular formula is C12H11F2N3O3S2. The summed E-state index contributed by atoms with van der Waals surface area (Å²) in [5.74, 6) is -4.03. The highest BCUT2D eigenvalue weighted by Crippen LogP contribution is 2.20. The van der Waals surface area contributed by atoms with Gasteiger partial charge in [-0.05, 0) is 30.7 Å². The topological polar surface area (TPSA) is 89.0 Å². The van der Waals surface area contributed by atoms with Gasteiger partial charge in [-0.15, -0.1) is 10.2 Å². The molecular weight excluding hydrogens is 336 g/mol. The lowest BCUT2D eigenvalue weighted by Gasteiger charge is -2.04. The molecule has 0 bridgehead atoms. The number of sulfone groups is 1. The van der Waals surface area contributed by atoms with Crippen molar-refractivity contribution in [2.24, 2.45) is 0 Å².